The fourth-order valence-corrected chi connectivity index (χ4v) is 4.59. The number of carbonyl (C=O) groups is 2. The van der Waals surface area contributed by atoms with E-state index in [9.17, 15) is 9.59 Å². The van der Waals surface area contributed by atoms with E-state index in [1.54, 1.807) is 17.4 Å². The Morgan fingerprint density at radius 2 is 2.04 bits per heavy atom. The van der Waals surface area contributed by atoms with Gasteiger partial charge in [0, 0.05) is 17.8 Å². The highest BCUT2D eigenvalue weighted by atomic mass is 32.1. The van der Waals surface area contributed by atoms with E-state index in [0.29, 0.717) is 18.5 Å². The van der Waals surface area contributed by atoms with Gasteiger partial charge in [0.15, 0.2) is 6.10 Å². The van der Waals surface area contributed by atoms with Crippen LogP contribution in [0.1, 0.15) is 39.7 Å². The van der Waals surface area contributed by atoms with Crippen LogP contribution in [0.15, 0.2) is 41.8 Å². The van der Waals surface area contributed by atoms with Crippen LogP contribution in [0.2, 0.25) is 0 Å². The molecule has 2 atom stereocenters. The van der Waals surface area contributed by atoms with Crippen molar-refractivity contribution < 1.29 is 14.3 Å². The van der Waals surface area contributed by atoms with Gasteiger partial charge in [0.1, 0.15) is 0 Å². The second kappa shape index (κ2) is 7.60. The number of hydrogen-bond donors (Lipinski definition) is 1. The van der Waals surface area contributed by atoms with Crippen LogP contribution in [0.3, 0.4) is 0 Å². The summed E-state index contributed by atoms with van der Waals surface area (Å²) >= 11 is 1.72. The van der Waals surface area contributed by atoms with Gasteiger partial charge in [-0.15, -0.1) is 11.3 Å². The molecule has 1 aromatic heterocycles. The molecule has 26 heavy (non-hydrogen) atoms. The van der Waals surface area contributed by atoms with Gasteiger partial charge in [0.2, 0.25) is 0 Å². The number of fused-ring (bicyclic) bond motifs is 1. The van der Waals surface area contributed by atoms with Crippen LogP contribution in [0, 0.1) is 0 Å². The average molecular weight is 370 g/mol. The summed E-state index contributed by atoms with van der Waals surface area (Å²) in [5.74, 6) is -0.630. The van der Waals surface area contributed by atoms with Crippen LogP contribution >= 0.6 is 11.3 Å². The summed E-state index contributed by atoms with van der Waals surface area (Å²) in [5.41, 5.74) is 1.43. The highest BCUT2D eigenvalue weighted by Gasteiger charge is 2.32. The number of esters is 1. The largest absolute Gasteiger partial charge is 0.448 e. The number of hydrogen-bond acceptors (Lipinski definition) is 5. The van der Waals surface area contributed by atoms with E-state index in [1.165, 1.54) is 17.7 Å². The quantitative estimate of drug-likeness (QED) is 0.823. The van der Waals surface area contributed by atoms with Gasteiger partial charge in [0.25, 0.3) is 5.91 Å². The fourth-order valence-electron chi connectivity index (χ4n) is 3.73. The highest BCUT2D eigenvalue weighted by molar-refractivity contribution is 7.10. The molecule has 0 saturated carbocycles. The van der Waals surface area contributed by atoms with Gasteiger partial charge in [-0.1, -0.05) is 24.3 Å². The first-order valence-corrected chi connectivity index (χ1v) is 9.94. The molecule has 6 heteroatoms. The van der Waals surface area contributed by atoms with E-state index < -0.39 is 12.1 Å². The van der Waals surface area contributed by atoms with Gasteiger partial charge in [-0.2, -0.15) is 0 Å². The SMILES string of the molecule is O=C1OC(C(=O)NCC(c2cccs2)N2CCCC2)Cc2ccccc21. The van der Waals surface area contributed by atoms with Gasteiger partial charge in [-0.05, 0) is 49.0 Å². The molecule has 0 radical (unpaired) electrons. The predicted molar refractivity (Wildman–Crippen MR) is 100 cm³/mol. The van der Waals surface area contributed by atoms with Crippen molar-refractivity contribution in [2.75, 3.05) is 19.6 Å². The summed E-state index contributed by atoms with van der Waals surface area (Å²) in [6.07, 6.45) is 2.08. The van der Waals surface area contributed by atoms with Crippen LogP contribution in [-0.4, -0.2) is 42.5 Å². The van der Waals surface area contributed by atoms with Crippen molar-refractivity contribution in [1.29, 1.82) is 0 Å². The molecular formula is C20H22N2O3S. The maximum absolute atomic E-state index is 12.6. The van der Waals surface area contributed by atoms with Crippen LogP contribution in [0.4, 0.5) is 0 Å². The maximum atomic E-state index is 12.6. The lowest BCUT2D eigenvalue weighted by molar-refractivity contribution is -0.130. The Balaban J connectivity index is 1.42. The first-order chi connectivity index (χ1) is 12.7. The van der Waals surface area contributed by atoms with Crippen LogP contribution in [-0.2, 0) is 16.0 Å². The minimum Gasteiger partial charge on any atom is -0.448 e. The van der Waals surface area contributed by atoms with Crippen molar-refractivity contribution in [2.24, 2.45) is 0 Å². The molecule has 1 N–H and O–H groups in total. The summed E-state index contributed by atoms with van der Waals surface area (Å²) < 4.78 is 5.36. The Morgan fingerprint density at radius 1 is 1.23 bits per heavy atom. The van der Waals surface area contributed by atoms with Crippen molar-refractivity contribution in [2.45, 2.75) is 31.4 Å². The lowest BCUT2D eigenvalue weighted by Gasteiger charge is -2.28. The van der Waals surface area contributed by atoms with E-state index in [0.717, 1.165) is 18.7 Å². The first kappa shape index (κ1) is 17.2. The number of likely N-dealkylation sites (tertiary alicyclic amines) is 1. The monoisotopic (exact) mass is 370 g/mol. The number of thiophene rings is 1. The lowest BCUT2D eigenvalue weighted by Crippen LogP contribution is -2.44. The lowest BCUT2D eigenvalue weighted by atomic mass is 9.98. The topological polar surface area (TPSA) is 58.6 Å². The molecule has 2 aliphatic heterocycles. The molecule has 0 bridgehead atoms. The molecule has 1 amide bonds. The van der Waals surface area contributed by atoms with Crippen molar-refractivity contribution in [3.05, 3.63) is 57.8 Å². The number of nitrogens with zero attached hydrogens (tertiary/aromatic N) is 1. The van der Waals surface area contributed by atoms with E-state index in [4.69, 9.17) is 4.74 Å². The number of nitrogens with one attached hydrogen (secondary N) is 1. The van der Waals surface area contributed by atoms with Gasteiger partial charge < -0.3 is 10.1 Å². The van der Waals surface area contributed by atoms with Crippen molar-refractivity contribution >= 4 is 23.2 Å². The third kappa shape index (κ3) is 3.52. The molecule has 2 aliphatic rings. The Labute approximate surface area is 157 Å². The molecule has 1 fully saturated rings. The van der Waals surface area contributed by atoms with Crippen molar-refractivity contribution in [1.82, 2.24) is 10.2 Å². The highest BCUT2D eigenvalue weighted by Crippen LogP contribution is 2.28. The van der Waals surface area contributed by atoms with Crippen molar-refractivity contribution in [3.8, 4) is 0 Å². The number of carbonyl (C=O) groups excluding carboxylic acids is 2. The smallest absolute Gasteiger partial charge is 0.339 e. The molecular weight excluding hydrogens is 348 g/mol. The zero-order valence-corrected chi connectivity index (χ0v) is 15.3. The molecule has 2 unspecified atom stereocenters. The summed E-state index contributed by atoms with van der Waals surface area (Å²) in [6, 6.07) is 11.7. The number of rotatable bonds is 5. The molecule has 2 aromatic rings. The Hall–Kier alpha value is -2.18. The van der Waals surface area contributed by atoms with E-state index >= 15 is 0 Å². The Kier molecular flexibility index (Phi) is 5.04. The molecule has 136 valence electrons. The fraction of sp³-hybridized carbons (Fsp3) is 0.400. The summed E-state index contributed by atoms with van der Waals surface area (Å²) in [5, 5.41) is 5.09. The normalized spacial score (nSPS) is 21.1. The molecule has 1 aromatic carbocycles. The zero-order chi connectivity index (χ0) is 17.9. The van der Waals surface area contributed by atoms with E-state index in [-0.39, 0.29) is 11.9 Å². The second-order valence-electron chi connectivity index (χ2n) is 6.77. The molecule has 4 rings (SSSR count). The van der Waals surface area contributed by atoms with Crippen LogP contribution < -0.4 is 5.32 Å². The molecule has 5 nitrogen and oxygen atoms in total. The van der Waals surface area contributed by atoms with Crippen molar-refractivity contribution in [3.63, 3.8) is 0 Å². The standard InChI is InChI=1S/C20H22N2O3S/c23-19(17-12-14-6-1-2-7-15(14)20(24)25-17)21-13-16(18-8-5-11-26-18)22-9-3-4-10-22/h1-2,5-8,11,16-17H,3-4,9-10,12-13H2,(H,21,23). The van der Waals surface area contributed by atoms with Gasteiger partial charge in [0.05, 0.1) is 11.6 Å². The van der Waals surface area contributed by atoms with Gasteiger partial charge in [-0.3, -0.25) is 9.69 Å². The summed E-state index contributed by atoms with van der Waals surface area (Å²) in [4.78, 5) is 28.5. The summed E-state index contributed by atoms with van der Waals surface area (Å²) in [6.45, 7) is 2.66. The van der Waals surface area contributed by atoms with Gasteiger partial charge >= 0.3 is 5.97 Å². The third-order valence-corrected chi connectivity index (χ3v) is 6.08. The zero-order valence-electron chi connectivity index (χ0n) is 14.5. The first-order valence-electron chi connectivity index (χ1n) is 9.06. The maximum Gasteiger partial charge on any atom is 0.339 e. The number of cyclic esters (lactones) is 1. The van der Waals surface area contributed by atoms with Crippen LogP contribution in [0.25, 0.3) is 0 Å². The number of benzene rings is 1. The predicted octanol–water partition coefficient (Wildman–Crippen LogP) is 2.78. The molecule has 0 spiro atoms. The van der Waals surface area contributed by atoms with Gasteiger partial charge in [-0.25, -0.2) is 4.79 Å². The number of ether oxygens (including phenoxy) is 1. The summed E-state index contributed by atoms with van der Waals surface area (Å²) in [7, 11) is 0. The molecule has 1 saturated heterocycles. The second-order valence-corrected chi connectivity index (χ2v) is 7.75. The minimum absolute atomic E-state index is 0.188. The van der Waals surface area contributed by atoms with E-state index in [2.05, 4.69) is 21.7 Å². The molecule has 0 aliphatic carbocycles. The average Bonchev–Trinajstić information content (AvgIpc) is 3.36. The Morgan fingerprint density at radius 3 is 2.81 bits per heavy atom. The van der Waals surface area contributed by atoms with E-state index in [1.807, 2.05) is 24.3 Å². The molecule has 3 heterocycles. The third-order valence-electron chi connectivity index (χ3n) is 5.11. The van der Waals surface area contributed by atoms with Crippen LogP contribution in [0.5, 0.6) is 0 Å². The number of amides is 1. The Bertz CT molecular complexity index is 784. The minimum atomic E-state index is -0.750.